The molecule has 0 aliphatic heterocycles. The third kappa shape index (κ3) is 3.04. The number of aromatic amines is 1. The van der Waals surface area contributed by atoms with Gasteiger partial charge in [0.05, 0.1) is 19.1 Å². The number of pyridine rings is 1. The van der Waals surface area contributed by atoms with Crippen molar-refractivity contribution in [3.63, 3.8) is 0 Å². The molecule has 0 radical (unpaired) electrons. The first-order chi connectivity index (χ1) is 10.3. The molecule has 110 valence electrons. The minimum atomic E-state index is 0.0154. The highest BCUT2D eigenvalue weighted by atomic mass is 16.5. The molecule has 6 heteroatoms. The van der Waals surface area contributed by atoms with Crippen molar-refractivity contribution in [1.29, 1.82) is 0 Å². The monoisotopic (exact) mass is 286 g/mol. The zero-order valence-electron chi connectivity index (χ0n) is 11.9. The SMILES string of the molecule is COc1cc(CNC(=O)[C@H]2CCc3nc[nH]c3C2)ccn1. The second-order valence-corrected chi connectivity index (χ2v) is 5.19. The lowest BCUT2D eigenvalue weighted by molar-refractivity contribution is -0.125. The summed E-state index contributed by atoms with van der Waals surface area (Å²) >= 11 is 0. The highest BCUT2D eigenvalue weighted by Gasteiger charge is 2.25. The van der Waals surface area contributed by atoms with E-state index in [4.69, 9.17) is 4.74 Å². The van der Waals surface area contributed by atoms with Crippen LogP contribution in [0.2, 0.25) is 0 Å². The van der Waals surface area contributed by atoms with Gasteiger partial charge in [-0.15, -0.1) is 0 Å². The quantitative estimate of drug-likeness (QED) is 0.886. The van der Waals surface area contributed by atoms with Gasteiger partial charge < -0.3 is 15.0 Å². The van der Waals surface area contributed by atoms with E-state index in [0.29, 0.717) is 12.4 Å². The smallest absolute Gasteiger partial charge is 0.223 e. The minimum Gasteiger partial charge on any atom is -0.481 e. The van der Waals surface area contributed by atoms with Crippen LogP contribution in [0, 0.1) is 5.92 Å². The van der Waals surface area contributed by atoms with E-state index < -0.39 is 0 Å². The zero-order chi connectivity index (χ0) is 14.7. The molecule has 0 aromatic carbocycles. The zero-order valence-corrected chi connectivity index (χ0v) is 11.9. The molecule has 0 spiro atoms. The number of carbonyl (C=O) groups excluding carboxylic acids is 1. The Morgan fingerprint density at radius 2 is 2.43 bits per heavy atom. The second kappa shape index (κ2) is 5.95. The molecule has 2 aromatic heterocycles. The van der Waals surface area contributed by atoms with Gasteiger partial charge in [0.15, 0.2) is 0 Å². The topological polar surface area (TPSA) is 79.9 Å². The van der Waals surface area contributed by atoms with Gasteiger partial charge >= 0.3 is 0 Å². The molecule has 1 amide bonds. The molecule has 2 heterocycles. The number of hydrogen-bond donors (Lipinski definition) is 2. The van der Waals surface area contributed by atoms with Crippen LogP contribution in [0.5, 0.6) is 5.88 Å². The Morgan fingerprint density at radius 3 is 3.29 bits per heavy atom. The number of methoxy groups -OCH3 is 1. The Kier molecular flexibility index (Phi) is 3.85. The summed E-state index contributed by atoms with van der Waals surface area (Å²) in [5, 5.41) is 2.99. The van der Waals surface area contributed by atoms with Crippen molar-refractivity contribution in [3.05, 3.63) is 41.6 Å². The Bertz CT molecular complexity index is 638. The maximum Gasteiger partial charge on any atom is 0.223 e. The molecular formula is C15H18N4O2. The lowest BCUT2D eigenvalue weighted by Gasteiger charge is -2.20. The first kappa shape index (κ1) is 13.6. The van der Waals surface area contributed by atoms with Gasteiger partial charge in [0.25, 0.3) is 0 Å². The lowest BCUT2D eigenvalue weighted by atomic mass is 9.89. The summed E-state index contributed by atoms with van der Waals surface area (Å²) in [6.45, 7) is 0.490. The van der Waals surface area contributed by atoms with Crippen molar-refractivity contribution in [2.75, 3.05) is 7.11 Å². The molecule has 1 atom stereocenters. The number of H-pyrrole nitrogens is 1. The molecular weight excluding hydrogens is 268 g/mol. The maximum absolute atomic E-state index is 12.3. The highest BCUT2D eigenvalue weighted by Crippen LogP contribution is 2.23. The van der Waals surface area contributed by atoms with Crippen LogP contribution in [0.3, 0.4) is 0 Å². The van der Waals surface area contributed by atoms with Gasteiger partial charge in [-0.25, -0.2) is 9.97 Å². The Balaban J connectivity index is 1.57. The molecule has 2 aromatic rings. The summed E-state index contributed by atoms with van der Waals surface area (Å²) in [6.07, 6.45) is 5.83. The molecule has 3 rings (SSSR count). The number of ether oxygens (including phenoxy) is 1. The van der Waals surface area contributed by atoms with Crippen LogP contribution < -0.4 is 10.1 Å². The normalized spacial score (nSPS) is 17.1. The van der Waals surface area contributed by atoms with E-state index in [1.54, 1.807) is 19.6 Å². The van der Waals surface area contributed by atoms with Crippen LogP contribution >= 0.6 is 0 Å². The van der Waals surface area contributed by atoms with Gasteiger partial charge in [-0.1, -0.05) is 0 Å². The van der Waals surface area contributed by atoms with Crippen molar-refractivity contribution in [3.8, 4) is 5.88 Å². The molecule has 21 heavy (non-hydrogen) atoms. The Hall–Kier alpha value is -2.37. The second-order valence-electron chi connectivity index (χ2n) is 5.19. The standard InChI is InChI=1S/C15H18N4O2/c1-21-14-6-10(4-5-16-14)8-17-15(20)11-2-3-12-13(7-11)19-9-18-12/h4-6,9,11H,2-3,7-8H2,1H3,(H,17,20)(H,18,19)/t11-/m0/s1. The van der Waals surface area contributed by atoms with Crippen molar-refractivity contribution in [2.45, 2.75) is 25.8 Å². The van der Waals surface area contributed by atoms with Crippen molar-refractivity contribution in [1.82, 2.24) is 20.3 Å². The predicted octanol–water partition coefficient (Wildman–Crippen LogP) is 1.23. The van der Waals surface area contributed by atoms with Crippen LogP contribution in [-0.2, 0) is 24.2 Å². The van der Waals surface area contributed by atoms with E-state index in [-0.39, 0.29) is 11.8 Å². The van der Waals surface area contributed by atoms with E-state index in [9.17, 15) is 4.79 Å². The summed E-state index contributed by atoms with van der Waals surface area (Å²) in [6, 6.07) is 3.70. The van der Waals surface area contributed by atoms with Gasteiger partial charge in [0.1, 0.15) is 0 Å². The van der Waals surface area contributed by atoms with E-state index in [1.807, 2.05) is 12.1 Å². The number of aromatic nitrogens is 3. The number of hydrogen-bond acceptors (Lipinski definition) is 4. The van der Waals surface area contributed by atoms with E-state index in [0.717, 1.165) is 36.2 Å². The summed E-state index contributed by atoms with van der Waals surface area (Å²) in [5.41, 5.74) is 3.16. The molecule has 0 saturated heterocycles. The highest BCUT2D eigenvalue weighted by molar-refractivity contribution is 5.79. The molecule has 0 unspecified atom stereocenters. The first-order valence-electron chi connectivity index (χ1n) is 7.04. The summed E-state index contributed by atoms with van der Waals surface area (Å²) in [4.78, 5) is 23.7. The van der Waals surface area contributed by atoms with E-state index in [2.05, 4.69) is 20.3 Å². The van der Waals surface area contributed by atoms with Gasteiger partial charge in [0, 0.05) is 36.8 Å². The van der Waals surface area contributed by atoms with Gasteiger partial charge in [-0.05, 0) is 24.5 Å². The molecule has 6 nitrogen and oxygen atoms in total. The van der Waals surface area contributed by atoms with Crippen molar-refractivity contribution >= 4 is 5.91 Å². The number of amides is 1. The van der Waals surface area contributed by atoms with E-state index in [1.165, 1.54) is 0 Å². The minimum absolute atomic E-state index is 0.0154. The van der Waals surface area contributed by atoms with E-state index >= 15 is 0 Å². The summed E-state index contributed by atoms with van der Waals surface area (Å²) in [5.74, 6) is 0.661. The van der Waals surface area contributed by atoms with Crippen molar-refractivity contribution < 1.29 is 9.53 Å². The fourth-order valence-corrected chi connectivity index (χ4v) is 2.63. The Labute approximate surface area is 123 Å². The number of imidazole rings is 1. The third-order valence-electron chi connectivity index (χ3n) is 3.83. The number of rotatable bonds is 4. The van der Waals surface area contributed by atoms with Crippen LogP contribution in [0.1, 0.15) is 23.4 Å². The average molecular weight is 286 g/mol. The molecule has 1 aliphatic carbocycles. The maximum atomic E-state index is 12.3. The van der Waals surface area contributed by atoms with Crippen LogP contribution in [-0.4, -0.2) is 28.0 Å². The summed E-state index contributed by atoms with van der Waals surface area (Å²) < 4.78 is 5.07. The van der Waals surface area contributed by atoms with Crippen LogP contribution in [0.25, 0.3) is 0 Å². The molecule has 0 bridgehead atoms. The largest absolute Gasteiger partial charge is 0.481 e. The first-order valence-corrected chi connectivity index (χ1v) is 7.04. The number of nitrogens with one attached hydrogen (secondary N) is 2. The molecule has 2 N–H and O–H groups in total. The van der Waals surface area contributed by atoms with Gasteiger partial charge in [-0.3, -0.25) is 4.79 Å². The molecule has 0 saturated carbocycles. The fraction of sp³-hybridized carbons (Fsp3) is 0.400. The van der Waals surface area contributed by atoms with Gasteiger partial charge in [-0.2, -0.15) is 0 Å². The number of nitrogens with zero attached hydrogens (tertiary/aromatic N) is 2. The van der Waals surface area contributed by atoms with Crippen LogP contribution in [0.4, 0.5) is 0 Å². The molecule has 1 aliphatic rings. The Morgan fingerprint density at radius 1 is 1.52 bits per heavy atom. The van der Waals surface area contributed by atoms with Crippen molar-refractivity contribution in [2.24, 2.45) is 5.92 Å². The van der Waals surface area contributed by atoms with Crippen LogP contribution in [0.15, 0.2) is 24.7 Å². The molecule has 0 fully saturated rings. The number of carbonyl (C=O) groups is 1. The fourth-order valence-electron chi connectivity index (χ4n) is 2.63. The lowest BCUT2D eigenvalue weighted by Crippen LogP contribution is -2.33. The predicted molar refractivity (Wildman–Crippen MR) is 76.7 cm³/mol. The number of fused-ring (bicyclic) bond motifs is 1. The summed E-state index contributed by atoms with van der Waals surface area (Å²) in [7, 11) is 1.58. The average Bonchev–Trinajstić information content (AvgIpc) is 3.00. The third-order valence-corrected chi connectivity index (χ3v) is 3.83. The van der Waals surface area contributed by atoms with Gasteiger partial charge in [0.2, 0.25) is 11.8 Å². The number of aryl methyl sites for hydroxylation is 1.